The number of carbonyl (C=O) groups excluding carboxylic acids is 1. The van der Waals surface area contributed by atoms with Gasteiger partial charge in [0.15, 0.2) is 0 Å². The fourth-order valence-corrected chi connectivity index (χ4v) is 3.36. The molecule has 2 rings (SSSR count). The minimum absolute atomic E-state index is 0.00972. The molecule has 0 aromatic rings. The Morgan fingerprint density at radius 3 is 2.19 bits per heavy atom. The first-order valence-corrected chi connectivity index (χ1v) is 6.58. The maximum absolute atomic E-state index is 11.8. The molecule has 0 aromatic carbocycles. The standard InChI is InChI=1S/C14H24O2/c1-10(2)11-5-7-14(8-6-11)9-13(3,4)12(15)16-14/h10-11H,5-9H2,1-4H3/t11-,14+. The van der Waals surface area contributed by atoms with Crippen molar-refractivity contribution in [3.8, 4) is 0 Å². The lowest BCUT2D eigenvalue weighted by Gasteiger charge is -2.37. The van der Waals surface area contributed by atoms with Crippen LogP contribution in [0.15, 0.2) is 0 Å². The van der Waals surface area contributed by atoms with Gasteiger partial charge in [-0.1, -0.05) is 13.8 Å². The van der Waals surface area contributed by atoms with E-state index in [2.05, 4.69) is 13.8 Å². The molecule has 2 aliphatic rings. The molecule has 1 aliphatic heterocycles. The summed E-state index contributed by atoms with van der Waals surface area (Å²) in [6.07, 6.45) is 5.52. The van der Waals surface area contributed by atoms with E-state index in [0.29, 0.717) is 0 Å². The van der Waals surface area contributed by atoms with Crippen molar-refractivity contribution in [3.05, 3.63) is 0 Å². The Labute approximate surface area is 98.7 Å². The highest BCUT2D eigenvalue weighted by molar-refractivity contribution is 5.78. The van der Waals surface area contributed by atoms with Crippen LogP contribution in [0.2, 0.25) is 0 Å². The van der Waals surface area contributed by atoms with Crippen LogP contribution in [0.5, 0.6) is 0 Å². The van der Waals surface area contributed by atoms with Gasteiger partial charge in [-0.25, -0.2) is 0 Å². The van der Waals surface area contributed by atoms with E-state index in [1.165, 1.54) is 12.8 Å². The van der Waals surface area contributed by atoms with Crippen molar-refractivity contribution in [1.82, 2.24) is 0 Å². The van der Waals surface area contributed by atoms with Crippen LogP contribution in [0.25, 0.3) is 0 Å². The largest absolute Gasteiger partial charge is 0.459 e. The number of hydrogen-bond acceptors (Lipinski definition) is 2. The Kier molecular flexibility index (Phi) is 2.80. The van der Waals surface area contributed by atoms with Gasteiger partial charge in [0.1, 0.15) is 5.60 Å². The van der Waals surface area contributed by atoms with Crippen molar-refractivity contribution in [3.63, 3.8) is 0 Å². The summed E-state index contributed by atoms with van der Waals surface area (Å²) >= 11 is 0. The second-order valence-electron chi connectivity index (χ2n) is 6.71. The second-order valence-corrected chi connectivity index (χ2v) is 6.71. The maximum Gasteiger partial charge on any atom is 0.312 e. The van der Waals surface area contributed by atoms with Gasteiger partial charge in [0, 0.05) is 6.42 Å². The average Bonchev–Trinajstić information content (AvgIpc) is 2.37. The number of hydrogen-bond donors (Lipinski definition) is 0. The van der Waals surface area contributed by atoms with Crippen LogP contribution in [0.3, 0.4) is 0 Å². The van der Waals surface area contributed by atoms with Crippen molar-refractivity contribution >= 4 is 5.97 Å². The fourth-order valence-electron chi connectivity index (χ4n) is 3.36. The van der Waals surface area contributed by atoms with E-state index in [4.69, 9.17) is 4.74 Å². The zero-order valence-electron chi connectivity index (χ0n) is 11.0. The highest BCUT2D eigenvalue weighted by atomic mass is 16.6. The number of rotatable bonds is 1. The van der Waals surface area contributed by atoms with Crippen LogP contribution in [0.4, 0.5) is 0 Å². The van der Waals surface area contributed by atoms with Gasteiger partial charge in [-0.15, -0.1) is 0 Å². The molecule has 0 bridgehead atoms. The molecule has 2 nitrogen and oxygen atoms in total. The van der Waals surface area contributed by atoms with E-state index in [1.54, 1.807) is 0 Å². The van der Waals surface area contributed by atoms with Crippen molar-refractivity contribution < 1.29 is 9.53 Å². The summed E-state index contributed by atoms with van der Waals surface area (Å²) < 4.78 is 5.69. The summed E-state index contributed by atoms with van der Waals surface area (Å²) in [4.78, 5) is 11.8. The molecule has 1 heterocycles. The molecule has 0 atom stereocenters. The third-order valence-corrected chi connectivity index (χ3v) is 4.51. The molecule has 0 N–H and O–H groups in total. The lowest BCUT2D eigenvalue weighted by Crippen LogP contribution is -2.35. The topological polar surface area (TPSA) is 26.3 Å². The third kappa shape index (κ3) is 1.99. The number of ether oxygens (including phenoxy) is 1. The van der Waals surface area contributed by atoms with Gasteiger partial charge >= 0.3 is 5.97 Å². The Hall–Kier alpha value is -0.530. The minimum atomic E-state index is -0.259. The van der Waals surface area contributed by atoms with Crippen LogP contribution in [-0.2, 0) is 9.53 Å². The molecule has 2 fully saturated rings. The van der Waals surface area contributed by atoms with Crippen LogP contribution in [-0.4, -0.2) is 11.6 Å². The lowest BCUT2D eigenvalue weighted by atomic mass is 9.71. The normalized spacial score (nSPS) is 38.1. The molecule has 16 heavy (non-hydrogen) atoms. The monoisotopic (exact) mass is 224 g/mol. The molecular weight excluding hydrogens is 200 g/mol. The molecule has 1 saturated carbocycles. The molecule has 0 aromatic heterocycles. The Morgan fingerprint density at radius 1 is 1.25 bits per heavy atom. The zero-order chi connectivity index (χ0) is 12.0. The molecule has 2 heteroatoms. The Balaban J connectivity index is 2.01. The van der Waals surface area contributed by atoms with Gasteiger partial charge in [0.25, 0.3) is 0 Å². The van der Waals surface area contributed by atoms with Crippen LogP contribution < -0.4 is 0 Å². The van der Waals surface area contributed by atoms with Gasteiger partial charge in [-0.2, -0.15) is 0 Å². The van der Waals surface area contributed by atoms with Gasteiger partial charge < -0.3 is 4.74 Å². The van der Waals surface area contributed by atoms with Gasteiger partial charge in [-0.05, 0) is 51.4 Å². The SMILES string of the molecule is CC(C)[C@H]1CC[C@@]2(CC1)CC(C)(C)C(=O)O2. The first kappa shape index (κ1) is 11.9. The number of esters is 1. The van der Waals surface area contributed by atoms with E-state index in [-0.39, 0.29) is 17.0 Å². The summed E-state index contributed by atoms with van der Waals surface area (Å²) in [5.74, 6) is 1.60. The Morgan fingerprint density at radius 2 is 1.81 bits per heavy atom. The highest BCUT2D eigenvalue weighted by Crippen LogP contribution is 2.49. The summed E-state index contributed by atoms with van der Waals surface area (Å²) in [6, 6.07) is 0. The molecule has 92 valence electrons. The smallest absolute Gasteiger partial charge is 0.312 e. The van der Waals surface area contributed by atoms with Crippen LogP contribution >= 0.6 is 0 Å². The maximum atomic E-state index is 11.8. The van der Waals surface area contributed by atoms with E-state index >= 15 is 0 Å². The first-order chi connectivity index (χ1) is 7.35. The summed E-state index contributed by atoms with van der Waals surface area (Å²) in [6.45, 7) is 8.62. The molecule has 0 amide bonds. The molecule has 0 unspecified atom stereocenters. The van der Waals surface area contributed by atoms with E-state index in [1.807, 2.05) is 13.8 Å². The third-order valence-electron chi connectivity index (χ3n) is 4.51. The molecule has 1 aliphatic carbocycles. The summed E-state index contributed by atoms with van der Waals surface area (Å²) in [5, 5.41) is 0. The average molecular weight is 224 g/mol. The molecule has 0 radical (unpaired) electrons. The fraction of sp³-hybridized carbons (Fsp3) is 0.929. The highest BCUT2D eigenvalue weighted by Gasteiger charge is 2.52. The molecular formula is C14H24O2. The van der Waals surface area contributed by atoms with E-state index in [9.17, 15) is 4.79 Å². The zero-order valence-corrected chi connectivity index (χ0v) is 11.0. The molecule has 1 saturated heterocycles. The predicted octanol–water partition coefficient (Wildman–Crippen LogP) is 3.54. The molecule has 1 spiro atoms. The van der Waals surface area contributed by atoms with Crippen molar-refractivity contribution in [2.45, 2.75) is 65.4 Å². The summed E-state index contributed by atoms with van der Waals surface area (Å²) in [5.41, 5.74) is -0.364. The van der Waals surface area contributed by atoms with Crippen molar-refractivity contribution in [2.24, 2.45) is 17.3 Å². The first-order valence-electron chi connectivity index (χ1n) is 6.58. The predicted molar refractivity (Wildman–Crippen MR) is 64.0 cm³/mol. The second kappa shape index (κ2) is 3.75. The van der Waals surface area contributed by atoms with Crippen LogP contribution in [0.1, 0.15) is 59.8 Å². The van der Waals surface area contributed by atoms with Crippen molar-refractivity contribution in [2.75, 3.05) is 0 Å². The number of carbonyl (C=O) groups is 1. The lowest BCUT2D eigenvalue weighted by molar-refractivity contribution is -0.155. The van der Waals surface area contributed by atoms with E-state index < -0.39 is 0 Å². The van der Waals surface area contributed by atoms with Gasteiger partial charge in [-0.3, -0.25) is 4.79 Å². The van der Waals surface area contributed by atoms with Gasteiger partial charge in [0.05, 0.1) is 5.41 Å². The quantitative estimate of drug-likeness (QED) is 0.637. The van der Waals surface area contributed by atoms with Crippen LogP contribution in [0, 0.1) is 17.3 Å². The summed E-state index contributed by atoms with van der Waals surface area (Å²) in [7, 11) is 0. The minimum Gasteiger partial charge on any atom is -0.459 e. The van der Waals surface area contributed by atoms with Crippen molar-refractivity contribution in [1.29, 1.82) is 0 Å². The van der Waals surface area contributed by atoms with E-state index in [0.717, 1.165) is 31.1 Å². The van der Waals surface area contributed by atoms with Gasteiger partial charge in [0.2, 0.25) is 0 Å². The Bertz CT molecular complexity index is 283.